The van der Waals surface area contributed by atoms with Crippen molar-refractivity contribution in [1.82, 2.24) is 0 Å². The largest absolute Gasteiger partial charge is 0.465 e. The number of aryl methyl sites for hydroxylation is 2. The van der Waals surface area contributed by atoms with Gasteiger partial charge in [0, 0.05) is 0 Å². The van der Waals surface area contributed by atoms with Crippen LogP contribution in [-0.4, -0.2) is 30.8 Å². The molecule has 0 aliphatic rings. The van der Waals surface area contributed by atoms with Crippen LogP contribution in [-0.2, 0) is 14.3 Å². The van der Waals surface area contributed by atoms with E-state index in [-0.39, 0.29) is 6.61 Å². The molecule has 1 N–H and O–H groups in total. The molecule has 104 valence electrons. The summed E-state index contributed by atoms with van der Waals surface area (Å²) in [6, 6.07) is 3.20. The number of hydrogen-bond donors (Lipinski definition) is 1. The van der Waals surface area contributed by atoms with Gasteiger partial charge in [-0.15, -0.1) is 0 Å². The molecule has 1 atom stereocenters. The van der Waals surface area contributed by atoms with Gasteiger partial charge in [0.1, 0.15) is 0 Å². The molecule has 0 aliphatic heterocycles. The third kappa shape index (κ3) is 3.32. The Balaban J connectivity index is 3.21. The van der Waals surface area contributed by atoms with E-state index in [1.807, 2.05) is 0 Å². The van der Waals surface area contributed by atoms with E-state index < -0.39 is 18.0 Å². The van der Waals surface area contributed by atoms with Crippen molar-refractivity contribution in [1.29, 1.82) is 0 Å². The molecule has 1 aromatic carbocycles. The Hall–Kier alpha value is -1.88. The molecule has 0 aliphatic carbocycles. The van der Waals surface area contributed by atoms with Crippen LogP contribution in [0.15, 0.2) is 12.1 Å². The minimum atomic E-state index is -1.40. The molecule has 5 nitrogen and oxygen atoms in total. The van der Waals surface area contributed by atoms with Crippen LogP contribution >= 0.6 is 0 Å². The number of esters is 2. The Morgan fingerprint density at radius 2 is 1.89 bits per heavy atom. The summed E-state index contributed by atoms with van der Waals surface area (Å²) < 4.78 is 9.43. The van der Waals surface area contributed by atoms with E-state index in [2.05, 4.69) is 4.74 Å². The van der Waals surface area contributed by atoms with Crippen molar-refractivity contribution in [3.63, 3.8) is 0 Å². The fourth-order valence-corrected chi connectivity index (χ4v) is 1.84. The van der Waals surface area contributed by atoms with Crippen molar-refractivity contribution in [3.8, 4) is 0 Å². The zero-order chi connectivity index (χ0) is 14.6. The highest BCUT2D eigenvalue weighted by Crippen LogP contribution is 2.23. The van der Waals surface area contributed by atoms with E-state index in [0.29, 0.717) is 16.7 Å². The maximum atomic E-state index is 11.6. The Labute approximate surface area is 112 Å². The Morgan fingerprint density at radius 1 is 1.26 bits per heavy atom. The second-order valence-corrected chi connectivity index (χ2v) is 4.17. The second kappa shape index (κ2) is 6.33. The summed E-state index contributed by atoms with van der Waals surface area (Å²) in [5.41, 5.74) is 2.12. The van der Waals surface area contributed by atoms with Gasteiger partial charge >= 0.3 is 11.9 Å². The van der Waals surface area contributed by atoms with E-state index in [9.17, 15) is 14.7 Å². The van der Waals surface area contributed by atoms with Gasteiger partial charge in [-0.05, 0) is 43.5 Å². The van der Waals surface area contributed by atoms with Crippen molar-refractivity contribution in [2.24, 2.45) is 0 Å². The summed E-state index contributed by atoms with van der Waals surface area (Å²) in [6.45, 7) is 5.36. The second-order valence-electron chi connectivity index (χ2n) is 4.17. The fraction of sp³-hybridized carbons (Fsp3) is 0.429. The third-order valence-corrected chi connectivity index (χ3v) is 2.82. The first-order valence-corrected chi connectivity index (χ1v) is 5.96. The lowest BCUT2D eigenvalue weighted by Gasteiger charge is -2.15. The highest BCUT2D eigenvalue weighted by molar-refractivity contribution is 5.92. The smallest absolute Gasteiger partial charge is 0.339 e. The lowest BCUT2D eigenvalue weighted by Crippen LogP contribution is -2.17. The minimum Gasteiger partial charge on any atom is -0.465 e. The van der Waals surface area contributed by atoms with Gasteiger partial charge in [0.2, 0.25) is 0 Å². The number of ether oxygens (including phenoxy) is 2. The number of carbonyl (C=O) groups excluding carboxylic acids is 2. The van der Waals surface area contributed by atoms with Crippen LogP contribution < -0.4 is 0 Å². The molecule has 1 unspecified atom stereocenters. The SMILES string of the molecule is CCOC(=O)C(O)c1cc(C(=O)OC)c(C)cc1C. The molecular weight excluding hydrogens is 248 g/mol. The predicted octanol–water partition coefficient (Wildman–Crippen LogP) is 1.69. The molecule has 0 saturated heterocycles. The molecule has 0 fully saturated rings. The van der Waals surface area contributed by atoms with Crippen molar-refractivity contribution < 1.29 is 24.2 Å². The molecular formula is C14H18O5. The fourth-order valence-electron chi connectivity index (χ4n) is 1.84. The van der Waals surface area contributed by atoms with Gasteiger partial charge < -0.3 is 14.6 Å². The number of aliphatic hydroxyl groups excluding tert-OH is 1. The standard InChI is InChI=1S/C14H18O5/c1-5-19-14(17)12(15)10-7-11(13(16)18-4)9(3)6-8(10)2/h6-7,12,15H,5H2,1-4H3. The van der Waals surface area contributed by atoms with Gasteiger partial charge in [0.15, 0.2) is 6.10 Å². The third-order valence-electron chi connectivity index (χ3n) is 2.82. The summed E-state index contributed by atoms with van der Waals surface area (Å²) in [5.74, 6) is -1.24. The summed E-state index contributed by atoms with van der Waals surface area (Å²) >= 11 is 0. The predicted molar refractivity (Wildman–Crippen MR) is 68.8 cm³/mol. The van der Waals surface area contributed by atoms with Crippen LogP contribution in [0.4, 0.5) is 0 Å². The van der Waals surface area contributed by atoms with Crippen LogP contribution in [0.5, 0.6) is 0 Å². The quantitative estimate of drug-likeness (QED) is 0.839. The van der Waals surface area contributed by atoms with Crippen LogP contribution in [0.1, 0.15) is 40.1 Å². The molecule has 1 rings (SSSR count). The van der Waals surface area contributed by atoms with Crippen molar-refractivity contribution >= 4 is 11.9 Å². The zero-order valence-electron chi connectivity index (χ0n) is 11.5. The number of methoxy groups -OCH3 is 1. The first-order valence-electron chi connectivity index (χ1n) is 5.96. The van der Waals surface area contributed by atoms with Crippen molar-refractivity contribution in [2.45, 2.75) is 26.9 Å². The van der Waals surface area contributed by atoms with Gasteiger partial charge in [-0.2, -0.15) is 0 Å². The summed E-state index contributed by atoms with van der Waals surface area (Å²) in [4.78, 5) is 23.1. The average Bonchev–Trinajstić information content (AvgIpc) is 2.37. The van der Waals surface area contributed by atoms with Crippen LogP contribution in [0.25, 0.3) is 0 Å². The van der Waals surface area contributed by atoms with E-state index >= 15 is 0 Å². The first kappa shape index (κ1) is 15.2. The van der Waals surface area contributed by atoms with E-state index in [1.165, 1.54) is 13.2 Å². The maximum Gasteiger partial charge on any atom is 0.339 e. The van der Waals surface area contributed by atoms with Crippen LogP contribution in [0, 0.1) is 13.8 Å². The number of hydrogen-bond acceptors (Lipinski definition) is 5. The number of carbonyl (C=O) groups is 2. The highest BCUT2D eigenvalue weighted by atomic mass is 16.5. The van der Waals surface area contributed by atoms with Crippen LogP contribution in [0.2, 0.25) is 0 Å². The molecule has 5 heteroatoms. The Bertz CT molecular complexity index is 493. The van der Waals surface area contributed by atoms with Gasteiger partial charge in [-0.3, -0.25) is 0 Å². The molecule has 19 heavy (non-hydrogen) atoms. The number of rotatable bonds is 4. The monoisotopic (exact) mass is 266 g/mol. The topological polar surface area (TPSA) is 72.8 Å². The number of aliphatic hydroxyl groups is 1. The van der Waals surface area contributed by atoms with Gasteiger partial charge in [-0.1, -0.05) is 6.07 Å². The van der Waals surface area contributed by atoms with Gasteiger partial charge in [0.05, 0.1) is 19.3 Å². The minimum absolute atomic E-state index is 0.185. The summed E-state index contributed by atoms with van der Waals surface area (Å²) in [6.07, 6.45) is -1.40. The average molecular weight is 266 g/mol. The summed E-state index contributed by atoms with van der Waals surface area (Å²) in [5, 5.41) is 9.94. The molecule has 1 aromatic rings. The van der Waals surface area contributed by atoms with Gasteiger partial charge in [0.25, 0.3) is 0 Å². The molecule has 0 heterocycles. The zero-order valence-corrected chi connectivity index (χ0v) is 11.5. The Morgan fingerprint density at radius 3 is 2.42 bits per heavy atom. The van der Waals surface area contributed by atoms with E-state index in [4.69, 9.17) is 4.74 Å². The van der Waals surface area contributed by atoms with Crippen LogP contribution in [0.3, 0.4) is 0 Å². The molecule has 0 spiro atoms. The Kier molecular flexibility index (Phi) is 5.06. The highest BCUT2D eigenvalue weighted by Gasteiger charge is 2.23. The van der Waals surface area contributed by atoms with E-state index in [0.717, 1.165) is 5.56 Å². The molecule has 0 amide bonds. The maximum absolute atomic E-state index is 11.6. The summed E-state index contributed by atoms with van der Waals surface area (Å²) in [7, 11) is 1.28. The molecule has 0 bridgehead atoms. The molecule has 0 radical (unpaired) electrons. The lowest BCUT2D eigenvalue weighted by molar-refractivity contribution is -0.153. The van der Waals surface area contributed by atoms with Gasteiger partial charge in [-0.25, -0.2) is 9.59 Å². The molecule has 0 aromatic heterocycles. The number of benzene rings is 1. The lowest BCUT2D eigenvalue weighted by atomic mass is 9.96. The van der Waals surface area contributed by atoms with Crippen molar-refractivity contribution in [2.75, 3.05) is 13.7 Å². The van der Waals surface area contributed by atoms with Crippen molar-refractivity contribution in [3.05, 3.63) is 34.4 Å². The molecule has 0 saturated carbocycles. The first-order chi connectivity index (χ1) is 8.92. The van der Waals surface area contributed by atoms with E-state index in [1.54, 1.807) is 26.8 Å². The normalized spacial score (nSPS) is 11.8.